The number of hydrogen-bond acceptors (Lipinski definition) is 3. The molecule has 0 aromatic heterocycles. The van der Waals surface area contributed by atoms with E-state index in [0.717, 1.165) is 0 Å². The monoisotopic (exact) mass is 148 g/mol. The number of amides is 1. The Balaban J connectivity index is 3.51. The minimum Gasteiger partial charge on any atom is -0.324 e. The van der Waals surface area contributed by atoms with Crippen LogP contribution in [0.1, 0.15) is 0 Å². The van der Waals surface area contributed by atoms with Crippen molar-refractivity contribution in [3.8, 4) is 0 Å². The molecule has 0 radical (unpaired) electrons. The molecule has 0 aliphatic heterocycles. The van der Waals surface area contributed by atoms with Crippen LogP contribution < -0.4 is 5.73 Å². The van der Waals surface area contributed by atoms with Crippen LogP contribution in [0.5, 0.6) is 0 Å². The lowest BCUT2D eigenvalue weighted by Gasteiger charge is -1.76. The highest BCUT2D eigenvalue weighted by molar-refractivity contribution is 7.58. The number of nitrogens with two attached hydrogens (primary N) is 1. The maximum absolute atomic E-state index is 10.3. The summed E-state index contributed by atoms with van der Waals surface area (Å²) in [5.41, 5.74) is 3.66. The molecule has 1 unspecified atom stereocenters. The van der Waals surface area contributed by atoms with Gasteiger partial charge >= 0.3 is 13.7 Å². The van der Waals surface area contributed by atoms with Gasteiger partial charge in [-0.1, -0.05) is 6.08 Å². The maximum Gasteiger partial charge on any atom is 0.612 e. The number of carbonyl (C=O) groups is 1. The van der Waals surface area contributed by atoms with Gasteiger partial charge in [0.1, 0.15) is 6.61 Å². The van der Waals surface area contributed by atoms with Gasteiger partial charge in [0, 0.05) is 0 Å². The highest BCUT2D eigenvalue weighted by atomic mass is 31.1. The van der Waals surface area contributed by atoms with Crippen LogP contribution in [0.3, 0.4) is 0 Å². The standard InChI is InChI=1S/C4H6NO3P/c1-2-3-8-9(7)4(5)6/h2H,1,3H2,(H-,5,6)/p+1. The van der Waals surface area contributed by atoms with E-state index in [1.54, 1.807) is 0 Å². The molecule has 9 heavy (non-hydrogen) atoms. The Labute approximate surface area is 53.6 Å². The number of rotatable bonds is 4. The maximum atomic E-state index is 10.3. The molecule has 0 fully saturated rings. The molecule has 4 nitrogen and oxygen atoms in total. The second kappa shape index (κ2) is 4.18. The predicted molar refractivity (Wildman–Crippen MR) is 33.3 cm³/mol. The molecule has 1 atom stereocenters. The van der Waals surface area contributed by atoms with Gasteiger partial charge in [-0.05, 0) is 4.57 Å². The highest BCUT2D eigenvalue weighted by Gasteiger charge is 2.25. The zero-order chi connectivity index (χ0) is 7.28. The molecule has 0 rings (SSSR count). The van der Waals surface area contributed by atoms with Crippen LogP contribution in [0, 0.1) is 0 Å². The van der Waals surface area contributed by atoms with Crippen LogP contribution in [0.4, 0.5) is 4.79 Å². The zero-order valence-electron chi connectivity index (χ0n) is 4.74. The SMILES string of the molecule is C=CCO[P+](=O)C(N)=O. The fourth-order valence-electron chi connectivity index (χ4n) is 0.184. The number of primary amides is 1. The quantitative estimate of drug-likeness (QED) is 0.477. The Morgan fingerprint density at radius 1 is 1.89 bits per heavy atom. The Morgan fingerprint density at radius 2 is 2.44 bits per heavy atom. The summed E-state index contributed by atoms with van der Waals surface area (Å²) in [7, 11) is -2.33. The van der Waals surface area contributed by atoms with Crippen LogP contribution >= 0.6 is 8.03 Å². The van der Waals surface area contributed by atoms with Gasteiger partial charge in [-0.25, -0.2) is 4.79 Å². The first-order valence-electron chi connectivity index (χ1n) is 2.19. The third-order valence-corrected chi connectivity index (χ3v) is 1.23. The molecule has 5 heteroatoms. The zero-order valence-corrected chi connectivity index (χ0v) is 5.64. The summed E-state index contributed by atoms with van der Waals surface area (Å²) in [5.74, 6) is 0. The molecule has 0 saturated carbocycles. The first-order chi connectivity index (χ1) is 4.18. The third kappa shape index (κ3) is 3.82. The summed E-state index contributed by atoms with van der Waals surface area (Å²) in [6.45, 7) is 3.37. The van der Waals surface area contributed by atoms with Crippen molar-refractivity contribution >= 4 is 13.7 Å². The molecular formula is C4H7NO3P+. The van der Waals surface area contributed by atoms with Crippen molar-refractivity contribution in [2.45, 2.75) is 0 Å². The molecule has 1 amide bonds. The molecule has 0 aromatic rings. The van der Waals surface area contributed by atoms with E-state index in [1.807, 2.05) is 0 Å². The van der Waals surface area contributed by atoms with Crippen molar-refractivity contribution in [2.75, 3.05) is 6.61 Å². The Bertz CT molecular complexity index is 145. The Hall–Kier alpha value is -0.730. The summed E-state index contributed by atoms with van der Waals surface area (Å²) < 4.78 is 14.7. The second-order valence-corrected chi connectivity index (χ2v) is 2.39. The molecule has 0 spiro atoms. The van der Waals surface area contributed by atoms with E-state index in [9.17, 15) is 9.36 Å². The topological polar surface area (TPSA) is 69.4 Å². The largest absolute Gasteiger partial charge is 0.612 e. The van der Waals surface area contributed by atoms with E-state index in [2.05, 4.69) is 16.8 Å². The summed E-state index contributed by atoms with van der Waals surface area (Å²) in [6.07, 6.45) is 1.39. The van der Waals surface area contributed by atoms with Crippen molar-refractivity contribution in [2.24, 2.45) is 5.73 Å². The van der Waals surface area contributed by atoms with Gasteiger partial charge in [-0.3, -0.25) is 0 Å². The summed E-state index contributed by atoms with van der Waals surface area (Å²) in [5, 5.41) is 0. The molecule has 0 saturated heterocycles. The van der Waals surface area contributed by atoms with Crippen LogP contribution in [-0.4, -0.2) is 12.3 Å². The fraction of sp³-hybridized carbons (Fsp3) is 0.250. The third-order valence-electron chi connectivity index (χ3n) is 0.490. The highest BCUT2D eigenvalue weighted by Crippen LogP contribution is 2.20. The Kier molecular flexibility index (Phi) is 3.84. The van der Waals surface area contributed by atoms with Crippen molar-refractivity contribution in [3.63, 3.8) is 0 Å². The molecule has 0 aromatic carbocycles. The van der Waals surface area contributed by atoms with Crippen molar-refractivity contribution < 1.29 is 13.9 Å². The van der Waals surface area contributed by atoms with Crippen LogP contribution in [0.2, 0.25) is 0 Å². The van der Waals surface area contributed by atoms with Crippen LogP contribution in [-0.2, 0) is 9.09 Å². The molecule has 0 bridgehead atoms. The van der Waals surface area contributed by atoms with Gasteiger partial charge < -0.3 is 5.73 Å². The summed E-state index contributed by atoms with van der Waals surface area (Å²) in [4.78, 5) is 9.98. The predicted octanol–water partition coefficient (Wildman–Crippen LogP) is 1.01. The molecule has 0 aliphatic carbocycles. The van der Waals surface area contributed by atoms with E-state index in [-0.39, 0.29) is 6.61 Å². The van der Waals surface area contributed by atoms with Gasteiger partial charge in [-0.2, -0.15) is 0 Å². The van der Waals surface area contributed by atoms with Gasteiger partial charge in [0.05, 0.1) is 0 Å². The van der Waals surface area contributed by atoms with Gasteiger partial charge in [0.15, 0.2) is 0 Å². The number of hydrogen-bond donors (Lipinski definition) is 1. The lowest BCUT2D eigenvalue weighted by molar-refractivity contribution is 0.260. The molecular weight excluding hydrogens is 141 g/mol. The first kappa shape index (κ1) is 8.27. The van der Waals surface area contributed by atoms with Crippen molar-refractivity contribution in [1.29, 1.82) is 0 Å². The van der Waals surface area contributed by atoms with E-state index in [1.165, 1.54) is 6.08 Å². The molecule has 50 valence electrons. The van der Waals surface area contributed by atoms with Crippen molar-refractivity contribution in [1.82, 2.24) is 0 Å². The van der Waals surface area contributed by atoms with Crippen molar-refractivity contribution in [3.05, 3.63) is 12.7 Å². The van der Waals surface area contributed by atoms with Gasteiger partial charge in [-0.15, -0.1) is 11.1 Å². The van der Waals surface area contributed by atoms with E-state index >= 15 is 0 Å². The summed E-state index contributed by atoms with van der Waals surface area (Å²) >= 11 is 0. The average molecular weight is 148 g/mol. The molecule has 0 aliphatic rings. The molecule has 0 heterocycles. The smallest absolute Gasteiger partial charge is 0.324 e. The summed E-state index contributed by atoms with van der Waals surface area (Å²) in [6, 6.07) is 0. The fourth-order valence-corrected chi connectivity index (χ4v) is 0.552. The second-order valence-electron chi connectivity index (χ2n) is 1.18. The lowest BCUT2D eigenvalue weighted by atomic mass is 10.7. The minimum atomic E-state index is -2.33. The van der Waals surface area contributed by atoms with E-state index in [0.29, 0.717) is 0 Å². The first-order valence-corrected chi connectivity index (χ1v) is 3.36. The Morgan fingerprint density at radius 3 is 2.78 bits per heavy atom. The van der Waals surface area contributed by atoms with Gasteiger partial charge in [0.2, 0.25) is 0 Å². The lowest BCUT2D eigenvalue weighted by Crippen LogP contribution is -2.03. The molecule has 2 N–H and O–H groups in total. The normalized spacial score (nSPS) is 10.4. The van der Waals surface area contributed by atoms with Crippen LogP contribution in [0.25, 0.3) is 0 Å². The number of carbonyl (C=O) groups excluding carboxylic acids is 1. The van der Waals surface area contributed by atoms with Crippen LogP contribution in [0.15, 0.2) is 12.7 Å². The van der Waals surface area contributed by atoms with E-state index in [4.69, 9.17) is 0 Å². The van der Waals surface area contributed by atoms with Gasteiger partial charge in [0.25, 0.3) is 0 Å². The average Bonchev–Trinajstić information content (AvgIpc) is 1.82. The minimum absolute atomic E-state index is 0.0815. The van der Waals surface area contributed by atoms with E-state index < -0.39 is 13.7 Å².